The molecule has 94 valence electrons. The maximum absolute atomic E-state index is 5.91. The van der Waals surface area contributed by atoms with Crippen molar-refractivity contribution in [3.8, 4) is 5.75 Å². The van der Waals surface area contributed by atoms with Gasteiger partial charge in [-0.3, -0.25) is 0 Å². The van der Waals surface area contributed by atoms with Crippen molar-refractivity contribution in [2.24, 2.45) is 0 Å². The third-order valence-electron chi connectivity index (χ3n) is 3.10. The van der Waals surface area contributed by atoms with E-state index >= 15 is 0 Å². The van der Waals surface area contributed by atoms with Crippen molar-refractivity contribution in [1.82, 2.24) is 0 Å². The first-order chi connectivity index (χ1) is 8.19. The monoisotopic (exact) mass is 254 g/mol. The molecule has 3 heteroatoms. The van der Waals surface area contributed by atoms with Crippen LogP contribution in [0.2, 0.25) is 0 Å². The van der Waals surface area contributed by atoms with E-state index in [0.717, 1.165) is 24.2 Å². The summed E-state index contributed by atoms with van der Waals surface area (Å²) in [6, 6.07) is 6.11. The molecule has 1 aliphatic rings. The summed E-state index contributed by atoms with van der Waals surface area (Å²) < 4.78 is 11.5. The van der Waals surface area contributed by atoms with Gasteiger partial charge in [0.1, 0.15) is 12.4 Å². The van der Waals surface area contributed by atoms with E-state index in [2.05, 4.69) is 19.9 Å². The highest BCUT2D eigenvalue weighted by Crippen LogP contribution is 2.24. The Morgan fingerprint density at radius 2 is 2.24 bits per heavy atom. The molecule has 0 aliphatic carbocycles. The lowest BCUT2D eigenvalue weighted by atomic mass is 10.1. The Morgan fingerprint density at radius 1 is 1.41 bits per heavy atom. The minimum atomic E-state index is 0.231. The molecule has 1 saturated heterocycles. The summed E-state index contributed by atoms with van der Waals surface area (Å²) in [6.45, 7) is 4.79. The molecule has 0 amide bonds. The quantitative estimate of drug-likeness (QED) is 0.763. The molecule has 1 aromatic carbocycles. The highest BCUT2D eigenvalue weighted by atomic mass is 35.5. The zero-order chi connectivity index (χ0) is 12.3. The van der Waals surface area contributed by atoms with Gasteiger partial charge in [0.25, 0.3) is 0 Å². The number of aryl methyl sites for hydroxylation is 1. The molecule has 1 aromatic rings. The van der Waals surface area contributed by atoms with Gasteiger partial charge in [-0.2, -0.15) is 0 Å². The van der Waals surface area contributed by atoms with E-state index in [-0.39, 0.29) is 6.10 Å². The lowest BCUT2D eigenvalue weighted by Gasteiger charge is -2.15. The third-order valence-corrected chi connectivity index (χ3v) is 3.39. The Bertz CT molecular complexity index is 378. The molecule has 2 atom stereocenters. The van der Waals surface area contributed by atoms with E-state index in [0.29, 0.717) is 18.6 Å². The first-order valence-electron chi connectivity index (χ1n) is 6.13. The van der Waals surface area contributed by atoms with Crippen LogP contribution in [0.25, 0.3) is 0 Å². The molecule has 0 bridgehead atoms. The summed E-state index contributed by atoms with van der Waals surface area (Å²) in [7, 11) is 0. The second kappa shape index (κ2) is 5.74. The van der Waals surface area contributed by atoms with Crippen molar-refractivity contribution >= 4 is 11.6 Å². The smallest absolute Gasteiger partial charge is 0.123 e. The Morgan fingerprint density at radius 3 is 2.88 bits per heavy atom. The topological polar surface area (TPSA) is 18.5 Å². The molecular formula is C14H19ClO2. The summed E-state index contributed by atoms with van der Waals surface area (Å²) in [5.41, 5.74) is 2.26. The van der Waals surface area contributed by atoms with E-state index in [1.807, 2.05) is 12.1 Å². The van der Waals surface area contributed by atoms with Gasteiger partial charge in [-0.1, -0.05) is 17.7 Å². The minimum Gasteiger partial charge on any atom is -0.491 e. The largest absolute Gasteiger partial charge is 0.491 e. The van der Waals surface area contributed by atoms with Crippen molar-refractivity contribution in [2.45, 2.75) is 44.8 Å². The fraction of sp³-hybridized carbons (Fsp3) is 0.571. The second-order valence-corrected chi connectivity index (χ2v) is 4.97. The van der Waals surface area contributed by atoms with E-state index in [1.54, 1.807) is 0 Å². The van der Waals surface area contributed by atoms with Gasteiger partial charge >= 0.3 is 0 Å². The molecule has 1 fully saturated rings. The molecule has 0 N–H and O–H groups in total. The number of hydrogen-bond donors (Lipinski definition) is 0. The van der Waals surface area contributed by atoms with Crippen LogP contribution in [0.5, 0.6) is 5.75 Å². The van der Waals surface area contributed by atoms with Crippen molar-refractivity contribution in [1.29, 1.82) is 0 Å². The van der Waals surface area contributed by atoms with Crippen LogP contribution >= 0.6 is 11.6 Å². The Kier molecular flexibility index (Phi) is 4.30. The summed E-state index contributed by atoms with van der Waals surface area (Å²) >= 11 is 5.91. The number of hydrogen-bond acceptors (Lipinski definition) is 2. The second-order valence-electron chi connectivity index (χ2n) is 4.70. The number of halogens is 1. The van der Waals surface area contributed by atoms with Crippen LogP contribution in [-0.2, 0) is 10.6 Å². The summed E-state index contributed by atoms with van der Waals surface area (Å²) in [4.78, 5) is 0. The molecule has 0 spiro atoms. The Balaban J connectivity index is 1.94. The average molecular weight is 255 g/mol. The van der Waals surface area contributed by atoms with Crippen LogP contribution < -0.4 is 4.74 Å². The number of rotatable bonds is 4. The van der Waals surface area contributed by atoms with Crippen LogP contribution in [0, 0.1) is 6.92 Å². The molecular weight excluding hydrogens is 236 g/mol. The van der Waals surface area contributed by atoms with E-state index in [1.165, 1.54) is 5.56 Å². The molecule has 2 unspecified atom stereocenters. The van der Waals surface area contributed by atoms with E-state index < -0.39 is 0 Å². The molecule has 0 radical (unpaired) electrons. The SMILES string of the molecule is Cc1ccc(OCC2CCC(C)O2)c(CCl)c1. The summed E-state index contributed by atoms with van der Waals surface area (Å²) in [5.74, 6) is 1.37. The van der Waals surface area contributed by atoms with Crippen molar-refractivity contribution in [3.63, 3.8) is 0 Å². The Labute approximate surface area is 108 Å². The van der Waals surface area contributed by atoms with Crippen LogP contribution in [0.3, 0.4) is 0 Å². The normalized spacial score (nSPS) is 23.9. The van der Waals surface area contributed by atoms with Gasteiger partial charge in [-0.15, -0.1) is 11.6 Å². The average Bonchev–Trinajstić information content (AvgIpc) is 2.73. The first kappa shape index (κ1) is 12.7. The predicted molar refractivity (Wildman–Crippen MR) is 69.8 cm³/mol. The van der Waals surface area contributed by atoms with Crippen molar-refractivity contribution in [3.05, 3.63) is 29.3 Å². The van der Waals surface area contributed by atoms with Crippen LogP contribution in [-0.4, -0.2) is 18.8 Å². The maximum atomic E-state index is 5.91. The van der Waals surface area contributed by atoms with Gasteiger partial charge < -0.3 is 9.47 Å². The van der Waals surface area contributed by atoms with E-state index in [4.69, 9.17) is 21.1 Å². The highest BCUT2D eigenvalue weighted by molar-refractivity contribution is 6.17. The molecule has 1 heterocycles. The van der Waals surface area contributed by atoms with Crippen LogP contribution in [0.1, 0.15) is 30.9 Å². The molecule has 17 heavy (non-hydrogen) atoms. The standard InChI is InChI=1S/C14H19ClO2/c1-10-3-6-14(12(7-10)8-15)16-9-13-5-4-11(2)17-13/h3,6-7,11,13H,4-5,8-9H2,1-2H3. The van der Waals surface area contributed by atoms with Gasteiger partial charge in [0, 0.05) is 5.56 Å². The zero-order valence-electron chi connectivity index (χ0n) is 10.4. The zero-order valence-corrected chi connectivity index (χ0v) is 11.2. The van der Waals surface area contributed by atoms with Crippen molar-refractivity contribution in [2.75, 3.05) is 6.61 Å². The van der Waals surface area contributed by atoms with Gasteiger partial charge in [-0.25, -0.2) is 0 Å². The highest BCUT2D eigenvalue weighted by Gasteiger charge is 2.22. The maximum Gasteiger partial charge on any atom is 0.123 e. The molecule has 0 saturated carbocycles. The number of benzene rings is 1. The molecule has 1 aliphatic heterocycles. The van der Waals surface area contributed by atoms with E-state index in [9.17, 15) is 0 Å². The summed E-state index contributed by atoms with van der Waals surface area (Å²) in [5, 5.41) is 0. The fourth-order valence-electron chi connectivity index (χ4n) is 2.14. The molecule has 0 aromatic heterocycles. The van der Waals surface area contributed by atoms with Crippen molar-refractivity contribution < 1.29 is 9.47 Å². The van der Waals surface area contributed by atoms with Gasteiger partial charge in [0.15, 0.2) is 0 Å². The first-order valence-corrected chi connectivity index (χ1v) is 6.66. The summed E-state index contributed by atoms with van der Waals surface area (Å²) in [6.07, 6.45) is 2.82. The number of ether oxygens (including phenoxy) is 2. The predicted octanol–water partition coefficient (Wildman–Crippen LogP) is 3.68. The van der Waals surface area contributed by atoms with Crippen LogP contribution in [0.4, 0.5) is 0 Å². The third kappa shape index (κ3) is 3.36. The fourth-order valence-corrected chi connectivity index (χ4v) is 2.35. The van der Waals surface area contributed by atoms with Gasteiger partial charge in [0.05, 0.1) is 18.1 Å². The molecule has 2 nitrogen and oxygen atoms in total. The van der Waals surface area contributed by atoms with Crippen LogP contribution in [0.15, 0.2) is 18.2 Å². The lowest BCUT2D eigenvalue weighted by molar-refractivity contribution is 0.0263. The lowest BCUT2D eigenvalue weighted by Crippen LogP contribution is -2.18. The Hall–Kier alpha value is -0.730. The minimum absolute atomic E-state index is 0.231. The van der Waals surface area contributed by atoms with Gasteiger partial charge in [-0.05, 0) is 32.8 Å². The number of alkyl halides is 1. The molecule has 2 rings (SSSR count). The van der Waals surface area contributed by atoms with Gasteiger partial charge in [0.2, 0.25) is 0 Å².